The maximum absolute atomic E-state index is 11.8. The van der Waals surface area contributed by atoms with Gasteiger partial charge in [-0.05, 0) is 25.7 Å². The average molecular weight is 253 g/mol. The van der Waals surface area contributed by atoms with E-state index in [0.717, 1.165) is 5.69 Å². The number of nitrogens with one attached hydrogen (secondary N) is 1. The highest BCUT2D eigenvalue weighted by atomic mass is 32.1. The lowest BCUT2D eigenvalue weighted by molar-refractivity contribution is -0.117. The molecule has 1 unspecified atom stereocenters. The standard InChI is InChI=1S/C12H19N3OS/c1-8(13)10-7-17-12(14-10)15-11(16)6-9-4-2-3-5-9/h7-9H,2-6,13H2,1H3,(H,14,15,16). The lowest BCUT2D eigenvalue weighted by atomic mass is 10.0. The summed E-state index contributed by atoms with van der Waals surface area (Å²) in [7, 11) is 0. The Morgan fingerprint density at radius 2 is 2.35 bits per heavy atom. The normalized spacial score (nSPS) is 18.2. The van der Waals surface area contributed by atoms with Crippen molar-refractivity contribution < 1.29 is 4.79 Å². The second-order valence-corrected chi connectivity index (χ2v) is 5.63. The molecule has 1 heterocycles. The van der Waals surface area contributed by atoms with Gasteiger partial charge < -0.3 is 11.1 Å². The highest BCUT2D eigenvalue weighted by molar-refractivity contribution is 7.13. The maximum Gasteiger partial charge on any atom is 0.226 e. The number of anilines is 1. The summed E-state index contributed by atoms with van der Waals surface area (Å²) >= 11 is 1.44. The van der Waals surface area contributed by atoms with Crippen molar-refractivity contribution in [3.8, 4) is 0 Å². The largest absolute Gasteiger partial charge is 0.323 e. The molecule has 5 heteroatoms. The molecule has 0 saturated heterocycles. The summed E-state index contributed by atoms with van der Waals surface area (Å²) in [5.74, 6) is 0.658. The van der Waals surface area contributed by atoms with Crippen molar-refractivity contribution in [2.75, 3.05) is 5.32 Å². The van der Waals surface area contributed by atoms with Crippen molar-refractivity contribution in [3.05, 3.63) is 11.1 Å². The second-order valence-electron chi connectivity index (χ2n) is 4.77. The minimum atomic E-state index is -0.0771. The van der Waals surface area contributed by atoms with Crippen molar-refractivity contribution in [3.63, 3.8) is 0 Å². The number of carbonyl (C=O) groups excluding carboxylic acids is 1. The van der Waals surface area contributed by atoms with Crippen LogP contribution in [0.25, 0.3) is 0 Å². The zero-order valence-electron chi connectivity index (χ0n) is 10.1. The molecule has 1 aliphatic rings. The summed E-state index contributed by atoms with van der Waals surface area (Å²) in [6.45, 7) is 1.89. The van der Waals surface area contributed by atoms with Crippen LogP contribution in [0.2, 0.25) is 0 Å². The van der Waals surface area contributed by atoms with Gasteiger partial charge in [0.1, 0.15) is 0 Å². The van der Waals surface area contributed by atoms with E-state index >= 15 is 0 Å². The Morgan fingerprint density at radius 3 is 2.94 bits per heavy atom. The minimum Gasteiger partial charge on any atom is -0.323 e. The van der Waals surface area contributed by atoms with Gasteiger partial charge in [0.25, 0.3) is 0 Å². The molecule has 0 aromatic carbocycles. The molecule has 0 spiro atoms. The van der Waals surface area contributed by atoms with Crippen LogP contribution < -0.4 is 11.1 Å². The van der Waals surface area contributed by atoms with Gasteiger partial charge in [0.05, 0.1) is 5.69 Å². The Bertz CT molecular complexity index is 383. The van der Waals surface area contributed by atoms with Crippen molar-refractivity contribution in [1.82, 2.24) is 4.98 Å². The van der Waals surface area contributed by atoms with Crippen LogP contribution in [0.1, 0.15) is 50.8 Å². The molecule has 17 heavy (non-hydrogen) atoms. The Kier molecular flexibility index (Phi) is 4.12. The first-order valence-corrected chi connectivity index (χ1v) is 7.04. The Morgan fingerprint density at radius 1 is 1.65 bits per heavy atom. The van der Waals surface area contributed by atoms with Gasteiger partial charge in [-0.25, -0.2) is 4.98 Å². The smallest absolute Gasteiger partial charge is 0.226 e. The number of hydrogen-bond acceptors (Lipinski definition) is 4. The zero-order chi connectivity index (χ0) is 12.3. The van der Waals surface area contributed by atoms with Gasteiger partial charge in [0, 0.05) is 17.8 Å². The Labute approximate surface area is 106 Å². The molecule has 3 N–H and O–H groups in total. The van der Waals surface area contributed by atoms with Crippen molar-refractivity contribution in [1.29, 1.82) is 0 Å². The van der Waals surface area contributed by atoms with Crippen molar-refractivity contribution in [2.45, 2.75) is 45.1 Å². The van der Waals surface area contributed by atoms with Gasteiger partial charge in [-0.2, -0.15) is 0 Å². The van der Waals surface area contributed by atoms with Crippen molar-refractivity contribution >= 4 is 22.4 Å². The van der Waals surface area contributed by atoms with Gasteiger partial charge in [-0.15, -0.1) is 11.3 Å². The number of amides is 1. The number of hydrogen-bond donors (Lipinski definition) is 2. The molecule has 0 radical (unpaired) electrons. The Hall–Kier alpha value is -0.940. The topological polar surface area (TPSA) is 68.0 Å². The van der Waals surface area contributed by atoms with E-state index in [1.54, 1.807) is 0 Å². The number of thiazole rings is 1. The SMILES string of the molecule is CC(N)c1csc(NC(=O)CC2CCCC2)n1. The summed E-state index contributed by atoms with van der Waals surface area (Å²) in [5, 5.41) is 5.42. The van der Waals surface area contributed by atoms with Gasteiger partial charge in [-0.1, -0.05) is 12.8 Å². The van der Waals surface area contributed by atoms with E-state index < -0.39 is 0 Å². The number of carbonyl (C=O) groups is 1. The molecule has 0 bridgehead atoms. The van der Waals surface area contributed by atoms with Crippen molar-refractivity contribution in [2.24, 2.45) is 11.7 Å². The third-order valence-electron chi connectivity index (χ3n) is 3.18. The van der Waals surface area contributed by atoms with Crippen LogP contribution in [-0.2, 0) is 4.79 Å². The summed E-state index contributed by atoms with van der Waals surface area (Å²) in [6.07, 6.45) is 5.55. The molecule has 1 saturated carbocycles. The van der Waals surface area contributed by atoms with Gasteiger partial charge in [0.15, 0.2) is 5.13 Å². The van der Waals surface area contributed by atoms with Crippen LogP contribution in [0.5, 0.6) is 0 Å². The van der Waals surface area contributed by atoms with E-state index in [9.17, 15) is 4.79 Å². The minimum absolute atomic E-state index is 0.0771. The number of aromatic nitrogens is 1. The van der Waals surface area contributed by atoms with E-state index in [4.69, 9.17) is 5.73 Å². The van der Waals surface area contributed by atoms with Crippen LogP contribution in [-0.4, -0.2) is 10.9 Å². The molecule has 94 valence electrons. The van der Waals surface area contributed by atoms with Gasteiger partial charge in [-0.3, -0.25) is 4.79 Å². The van der Waals surface area contributed by atoms with Gasteiger partial charge >= 0.3 is 0 Å². The van der Waals surface area contributed by atoms with E-state index in [0.29, 0.717) is 17.5 Å². The molecule has 0 aliphatic heterocycles. The molecular formula is C12H19N3OS. The molecule has 1 atom stereocenters. The van der Waals surface area contributed by atoms with E-state index in [2.05, 4.69) is 10.3 Å². The van der Waals surface area contributed by atoms with E-state index in [-0.39, 0.29) is 11.9 Å². The fourth-order valence-electron chi connectivity index (χ4n) is 2.20. The van der Waals surface area contributed by atoms with Gasteiger partial charge in [0.2, 0.25) is 5.91 Å². The van der Waals surface area contributed by atoms with Crippen LogP contribution in [0.15, 0.2) is 5.38 Å². The fourth-order valence-corrected chi connectivity index (χ4v) is 3.03. The van der Waals surface area contributed by atoms with Crippen LogP contribution in [0, 0.1) is 5.92 Å². The third-order valence-corrected chi connectivity index (χ3v) is 3.96. The highest BCUT2D eigenvalue weighted by Crippen LogP contribution is 2.28. The summed E-state index contributed by atoms with van der Waals surface area (Å²) in [4.78, 5) is 16.1. The second kappa shape index (κ2) is 5.60. The molecule has 2 rings (SSSR count). The molecule has 4 nitrogen and oxygen atoms in total. The highest BCUT2D eigenvalue weighted by Gasteiger charge is 2.19. The lowest BCUT2D eigenvalue weighted by Crippen LogP contribution is -2.15. The summed E-state index contributed by atoms with van der Waals surface area (Å²) in [6, 6.07) is -0.0771. The van der Waals surface area contributed by atoms with Crippen LogP contribution >= 0.6 is 11.3 Å². The molecule has 1 aliphatic carbocycles. The predicted molar refractivity (Wildman–Crippen MR) is 69.9 cm³/mol. The number of nitrogens with two attached hydrogens (primary N) is 1. The zero-order valence-corrected chi connectivity index (χ0v) is 10.9. The van der Waals surface area contributed by atoms with Crippen LogP contribution in [0.3, 0.4) is 0 Å². The first-order valence-electron chi connectivity index (χ1n) is 6.16. The monoisotopic (exact) mass is 253 g/mol. The summed E-state index contributed by atoms with van der Waals surface area (Å²) < 4.78 is 0. The molecule has 1 aromatic rings. The third kappa shape index (κ3) is 3.51. The number of nitrogens with zero attached hydrogens (tertiary/aromatic N) is 1. The molecule has 1 fully saturated rings. The first-order chi connectivity index (χ1) is 8.15. The number of rotatable bonds is 4. The quantitative estimate of drug-likeness (QED) is 0.867. The molecule has 1 amide bonds. The maximum atomic E-state index is 11.8. The fraction of sp³-hybridized carbons (Fsp3) is 0.667. The lowest BCUT2D eigenvalue weighted by Gasteiger charge is -2.07. The predicted octanol–water partition coefficient (Wildman–Crippen LogP) is 2.68. The molecule has 1 aromatic heterocycles. The van der Waals surface area contributed by atoms with E-state index in [1.807, 2.05) is 12.3 Å². The first kappa shape index (κ1) is 12.5. The van der Waals surface area contributed by atoms with Crippen LogP contribution in [0.4, 0.5) is 5.13 Å². The average Bonchev–Trinajstić information content (AvgIpc) is 2.88. The van der Waals surface area contributed by atoms with E-state index in [1.165, 1.54) is 37.0 Å². The summed E-state index contributed by atoms with van der Waals surface area (Å²) in [5.41, 5.74) is 6.56. The Balaban J connectivity index is 1.84. The molecular weight excluding hydrogens is 234 g/mol.